The fraction of sp³-hybridized carbons (Fsp3) is 0.556. The van der Waals surface area contributed by atoms with E-state index in [1.54, 1.807) is 0 Å². The first-order valence-electron chi connectivity index (χ1n) is 4.20. The van der Waals surface area contributed by atoms with Crippen molar-refractivity contribution in [1.29, 1.82) is 0 Å². The minimum atomic E-state index is -0.349. The van der Waals surface area contributed by atoms with Gasteiger partial charge in [-0.05, 0) is 6.08 Å². The second kappa shape index (κ2) is 10.7. The molecular formula is C9H17NO3. The molecule has 0 aromatic rings. The van der Waals surface area contributed by atoms with Gasteiger partial charge in [0.15, 0.2) is 0 Å². The fourth-order valence-electron chi connectivity index (χ4n) is 0.441. The number of nitrogens with one attached hydrogen (secondary N) is 1. The molecule has 0 aromatic heterocycles. The SMILES string of the molecule is C=CC(=O)NCCOC(C)=O.CC. The van der Waals surface area contributed by atoms with Gasteiger partial charge in [0.05, 0.1) is 6.54 Å². The molecule has 0 saturated heterocycles. The smallest absolute Gasteiger partial charge is 0.302 e. The van der Waals surface area contributed by atoms with E-state index in [9.17, 15) is 9.59 Å². The van der Waals surface area contributed by atoms with Crippen LogP contribution in [0.15, 0.2) is 12.7 Å². The summed E-state index contributed by atoms with van der Waals surface area (Å²) in [7, 11) is 0. The van der Waals surface area contributed by atoms with Crippen LogP contribution in [0.2, 0.25) is 0 Å². The Morgan fingerprint density at radius 3 is 2.38 bits per heavy atom. The molecule has 0 aliphatic rings. The van der Waals surface area contributed by atoms with Crippen molar-refractivity contribution < 1.29 is 14.3 Å². The Hall–Kier alpha value is -1.32. The minimum absolute atomic E-state index is 0.203. The van der Waals surface area contributed by atoms with Crippen LogP contribution in [0.25, 0.3) is 0 Å². The van der Waals surface area contributed by atoms with Gasteiger partial charge in [-0.1, -0.05) is 20.4 Å². The molecule has 0 heterocycles. The number of hydrogen-bond acceptors (Lipinski definition) is 3. The van der Waals surface area contributed by atoms with Gasteiger partial charge in [0, 0.05) is 6.92 Å². The van der Waals surface area contributed by atoms with E-state index in [0.29, 0.717) is 6.54 Å². The molecule has 0 spiro atoms. The first-order valence-corrected chi connectivity index (χ1v) is 4.20. The summed E-state index contributed by atoms with van der Waals surface area (Å²) in [5.74, 6) is -0.616. The average Bonchev–Trinajstić information content (AvgIpc) is 2.15. The lowest BCUT2D eigenvalue weighted by Gasteiger charge is -2.01. The number of hydrogen-bond donors (Lipinski definition) is 1. The van der Waals surface area contributed by atoms with Crippen LogP contribution in [-0.4, -0.2) is 25.0 Å². The third-order valence-corrected chi connectivity index (χ3v) is 0.892. The van der Waals surface area contributed by atoms with Crippen LogP contribution < -0.4 is 5.32 Å². The van der Waals surface area contributed by atoms with Crippen molar-refractivity contribution in [3.8, 4) is 0 Å². The maximum absolute atomic E-state index is 10.5. The van der Waals surface area contributed by atoms with Crippen molar-refractivity contribution in [3.63, 3.8) is 0 Å². The molecule has 0 aliphatic carbocycles. The van der Waals surface area contributed by atoms with E-state index in [0.717, 1.165) is 6.08 Å². The lowest BCUT2D eigenvalue weighted by Crippen LogP contribution is -2.25. The topological polar surface area (TPSA) is 55.4 Å². The highest BCUT2D eigenvalue weighted by Gasteiger charge is 1.93. The summed E-state index contributed by atoms with van der Waals surface area (Å²) in [5, 5.41) is 2.45. The molecule has 0 fully saturated rings. The van der Waals surface area contributed by atoms with Crippen LogP contribution in [0.5, 0.6) is 0 Å². The highest BCUT2D eigenvalue weighted by Crippen LogP contribution is 1.74. The van der Waals surface area contributed by atoms with Gasteiger partial charge in [-0.15, -0.1) is 0 Å². The van der Waals surface area contributed by atoms with Crippen LogP contribution in [0.4, 0.5) is 0 Å². The molecule has 0 saturated carbocycles. The fourth-order valence-corrected chi connectivity index (χ4v) is 0.441. The normalized spacial score (nSPS) is 7.62. The quantitative estimate of drug-likeness (QED) is 0.404. The zero-order valence-corrected chi connectivity index (χ0v) is 8.42. The number of ether oxygens (including phenoxy) is 1. The largest absolute Gasteiger partial charge is 0.464 e. The second-order valence-corrected chi connectivity index (χ2v) is 1.84. The molecule has 76 valence electrons. The van der Waals surface area contributed by atoms with E-state index < -0.39 is 0 Å². The van der Waals surface area contributed by atoms with E-state index >= 15 is 0 Å². The molecule has 1 amide bonds. The monoisotopic (exact) mass is 187 g/mol. The summed E-state index contributed by atoms with van der Waals surface area (Å²) in [4.78, 5) is 20.7. The molecule has 4 nitrogen and oxygen atoms in total. The van der Waals surface area contributed by atoms with Gasteiger partial charge in [0.1, 0.15) is 6.61 Å². The van der Waals surface area contributed by atoms with Crippen molar-refractivity contribution in [2.24, 2.45) is 0 Å². The molecule has 4 heteroatoms. The maximum Gasteiger partial charge on any atom is 0.302 e. The van der Waals surface area contributed by atoms with Crippen LogP contribution >= 0.6 is 0 Å². The first-order chi connectivity index (χ1) is 6.16. The van der Waals surface area contributed by atoms with Gasteiger partial charge in [-0.2, -0.15) is 0 Å². The number of rotatable bonds is 4. The molecule has 0 aliphatic heterocycles. The number of carbonyl (C=O) groups is 2. The third-order valence-electron chi connectivity index (χ3n) is 0.892. The van der Waals surface area contributed by atoms with Crippen molar-refractivity contribution in [1.82, 2.24) is 5.32 Å². The van der Waals surface area contributed by atoms with Crippen LogP contribution in [0, 0.1) is 0 Å². The van der Waals surface area contributed by atoms with E-state index in [2.05, 4.69) is 16.6 Å². The maximum atomic E-state index is 10.5. The molecule has 0 aromatic carbocycles. The van der Waals surface area contributed by atoms with Crippen molar-refractivity contribution in [2.75, 3.05) is 13.2 Å². The Kier molecular flexibility index (Phi) is 11.7. The van der Waals surface area contributed by atoms with Gasteiger partial charge in [0.25, 0.3) is 0 Å². The molecular weight excluding hydrogens is 170 g/mol. The third kappa shape index (κ3) is 13.6. The van der Waals surface area contributed by atoms with Gasteiger partial charge in [0.2, 0.25) is 5.91 Å². The van der Waals surface area contributed by atoms with Crippen LogP contribution in [0.1, 0.15) is 20.8 Å². The Morgan fingerprint density at radius 1 is 1.46 bits per heavy atom. The van der Waals surface area contributed by atoms with E-state index in [1.165, 1.54) is 6.92 Å². The summed E-state index contributed by atoms with van der Waals surface area (Å²) in [6, 6.07) is 0. The molecule has 0 unspecified atom stereocenters. The Balaban J connectivity index is 0. The number of esters is 1. The van der Waals surface area contributed by atoms with Crippen molar-refractivity contribution in [2.45, 2.75) is 20.8 Å². The highest BCUT2D eigenvalue weighted by molar-refractivity contribution is 5.86. The Labute approximate surface area is 79.0 Å². The lowest BCUT2D eigenvalue weighted by atomic mass is 10.5. The van der Waals surface area contributed by atoms with E-state index in [4.69, 9.17) is 0 Å². The predicted octanol–water partition coefficient (Wildman–Crippen LogP) is 0.878. The molecule has 0 atom stereocenters. The molecule has 0 rings (SSSR count). The van der Waals surface area contributed by atoms with Crippen LogP contribution in [0.3, 0.4) is 0 Å². The van der Waals surface area contributed by atoms with Crippen molar-refractivity contribution >= 4 is 11.9 Å². The first kappa shape index (κ1) is 14.2. The number of amides is 1. The minimum Gasteiger partial charge on any atom is -0.464 e. The van der Waals surface area contributed by atoms with Gasteiger partial charge < -0.3 is 10.1 Å². The van der Waals surface area contributed by atoms with Gasteiger partial charge in [-0.25, -0.2) is 0 Å². The van der Waals surface area contributed by atoms with Gasteiger partial charge in [-0.3, -0.25) is 9.59 Å². The Bertz CT molecular complexity index is 166. The average molecular weight is 187 g/mol. The molecule has 0 bridgehead atoms. The van der Waals surface area contributed by atoms with Gasteiger partial charge >= 0.3 is 5.97 Å². The summed E-state index contributed by atoms with van der Waals surface area (Å²) in [5.41, 5.74) is 0. The summed E-state index contributed by atoms with van der Waals surface area (Å²) >= 11 is 0. The molecule has 1 N–H and O–H groups in total. The summed E-state index contributed by atoms with van der Waals surface area (Å²) < 4.78 is 4.55. The Morgan fingerprint density at radius 2 is 2.00 bits per heavy atom. The highest BCUT2D eigenvalue weighted by atomic mass is 16.5. The number of carbonyl (C=O) groups excluding carboxylic acids is 2. The standard InChI is InChI=1S/C7H11NO3.C2H6/c1-3-7(10)8-4-5-11-6(2)9;1-2/h3H,1,4-5H2,2H3,(H,8,10);1-2H3. The zero-order valence-electron chi connectivity index (χ0n) is 8.42. The van der Waals surface area contributed by atoms with Crippen molar-refractivity contribution in [3.05, 3.63) is 12.7 Å². The van der Waals surface area contributed by atoms with Crippen LogP contribution in [-0.2, 0) is 14.3 Å². The molecule has 13 heavy (non-hydrogen) atoms. The molecule has 0 radical (unpaired) electrons. The second-order valence-electron chi connectivity index (χ2n) is 1.84. The lowest BCUT2D eigenvalue weighted by molar-refractivity contribution is -0.141. The summed E-state index contributed by atoms with van der Waals surface area (Å²) in [6.07, 6.45) is 1.16. The van der Waals surface area contributed by atoms with E-state index in [1.807, 2.05) is 13.8 Å². The summed E-state index contributed by atoms with van der Waals surface area (Å²) in [6.45, 7) is 9.10. The zero-order chi connectivity index (χ0) is 10.7. The van der Waals surface area contributed by atoms with E-state index in [-0.39, 0.29) is 18.5 Å². The predicted molar refractivity (Wildman–Crippen MR) is 51.2 cm³/mol.